The van der Waals surface area contributed by atoms with Gasteiger partial charge in [-0.15, -0.1) is 0 Å². The van der Waals surface area contributed by atoms with Crippen LogP contribution in [0.4, 0.5) is 0 Å². The van der Waals surface area contributed by atoms with Crippen LogP contribution in [-0.4, -0.2) is 7.11 Å². The molecular weight excluding hydrogens is 200 g/mol. The first kappa shape index (κ1) is 11.8. The highest BCUT2D eigenvalue weighted by Gasteiger charge is 2.04. The van der Waals surface area contributed by atoms with Crippen LogP contribution in [0.3, 0.4) is 0 Å². The number of methoxy groups -OCH3 is 1. The Morgan fingerprint density at radius 1 is 1.25 bits per heavy atom. The molecule has 0 bridgehead atoms. The van der Waals surface area contributed by atoms with Crippen LogP contribution in [0.2, 0.25) is 0 Å². The summed E-state index contributed by atoms with van der Waals surface area (Å²) in [6.45, 7) is 1.94. The summed E-state index contributed by atoms with van der Waals surface area (Å²) in [5.41, 5.74) is 1.19. The molecule has 1 aromatic carbocycles. The van der Waals surface area contributed by atoms with Crippen molar-refractivity contribution in [3.05, 3.63) is 41.5 Å². The molecule has 0 aliphatic rings. The van der Waals surface area contributed by atoms with Crippen LogP contribution < -0.4 is 4.74 Å². The second kappa shape index (κ2) is 5.58. The fourth-order valence-corrected chi connectivity index (χ4v) is 1.35. The molecule has 0 aliphatic carbocycles. The van der Waals surface area contributed by atoms with Gasteiger partial charge >= 0.3 is 0 Å². The summed E-state index contributed by atoms with van der Waals surface area (Å²) < 4.78 is 5.05. The maximum atomic E-state index is 8.64. The van der Waals surface area contributed by atoms with Gasteiger partial charge in [-0.1, -0.05) is 19.1 Å². The molecular formula is C13H12N2O. The van der Waals surface area contributed by atoms with Gasteiger partial charge in [-0.3, -0.25) is 0 Å². The first-order valence-electron chi connectivity index (χ1n) is 4.87. The third-order valence-electron chi connectivity index (χ3n) is 2.30. The van der Waals surface area contributed by atoms with Crippen LogP contribution in [0.25, 0.3) is 0 Å². The average molecular weight is 212 g/mol. The zero-order valence-corrected chi connectivity index (χ0v) is 9.27. The highest BCUT2D eigenvalue weighted by molar-refractivity contribution is 5.39. The fraction of sp³-hybridized carbons (Fsp3) is 0.231. The van der Waals surface area contributed by atoms with E-state index in [9.17, 15) is 0 Å². The Morgan fingerprint density at radius 2 is 1.81 bits per heavy atom. The van der Waals surface area contributed by atoms with Crippen molar-refractivity contribution >= 4 is 0 Å². The van der Waals surface area contributed by atoms with Crippen molar-refractivity contribution in [2.24, 2.45) is 0 Å². The van der Waals surface area contributed by atoms with Gasteiger partial charge in [-0.05, 0) is 23.8 Å². The van der Waals surface area contributed by atoms with E-state index in [-0.39, 0.29) is 11.5 Å². The van der Waals surface area contributed by atoms with Gasteiger partial charge in [0.1, 0.15) is 23.5 Å². The molecule has 80 valence electrons. The van der Waals surface area contributed by atoms with Crippen molar-refractivity contribution in [3.8, 4) is 17.9 Å². The van der Waals surface area contributed by atoms with E-state index in [1.165, 1.54) is 0 Å². The first-order chi connectivity index (χ1) is 7.71. The number of benzene rings is 1. The number of ether oxygens (including phenoxy) is 1. The molecule has 0 fully saturated rings. The van der Waals surface area contributed by atoms with Gasteiger partial charge in [0.25, 0.3) is 0 Å². The third-order valence-corrected chi connectivity index (χ3v) is 2.30. The van der Waals surface area contributed by atoms with E-state index < -0.39 is 0 Å². The minimum Gasteiger partial charge on any atom is -0.497 e. The lowest BCUT2D eigenvalue weighted by Crippen LogP contribution is -1.91. The van der Waals surface area contributed by atoms with Crippen molar-refractivity contribution in [2.45, 2.75) is 12.8 Å². The summed E-state index contributed by atoms with van der Waals surface area (Å²) >= 11 is 0. The number of rotatable bonds is 3. The van der Waals surface area contributed by atoms with Gasteiger partial charge in [0.15, 0.2) is 0 Å². The lowest BCUT2D eigenvalue weighted by Gasteiger charge is -2.07. The Kier molecular flexibility index (Phi) is 4.12. The number of hydrogen-bond donors (Lipinski definition) is 0. The summed E-state index contributed by atoms with van der Waals surface area (Å²) in [5, 5.41) is 17.3. The van der Waals surface area contributed by atoms with Crippen molar-refractivity contribution in [1.29, 1.82) is 10.5 Å². The monoisotopic (exact) mass is 212 g/mol. The van der Waals surface area contributed by atoms with Gasteiger partial charge in [0.05, 0.1) is 7.11 Å². The Morgan fingerprint density at radius 3 is 2.25 bits per heavy atom. The highest BCUT2D eigenvalue weighted by Crippen LogP contribution is 2.21. The van der Waals surface area contributed by atoms with Crippen LogP contribution in [0.1, 0.15) is 18.4 Å². The lowest BCUT2D eigenvalue weighted by molar-refractivity contribution is 0.414. The van der Waals surface area contributed by atoms with E-state index in [2.05, 4.69) is 0 Å². The van der Waals surface area contributed by atoms with E-state index >= 15 is 0 Å². The molecule has 0 radical (unpaired) electrons. The zero-order valence-electron chi connectivity index (χ0n) is 9.27. The summed E-state index contributed by atoms with van der Waals surface area (Å²) in [5.74, 6) is 0.834. The molecule has 0 saturated carbocycles. The molecule has 0 spiro atoms. The molecule has 0 amide bonds. The fourth-order valence-electron chi connectivity index (χ4n) is 1.35. The van der Waals surface area contributed by atoms with E-state index in [1.807, 2.05) is 43.3 Å². The molecule has 1 rings (SSSR count). The summed E-state index contributed by atoms with van der Waals surface area (Å²) in [6, 6.07) is 11.3. The van der Waals surface area contributed by atoms with Gasteiger partial charge in [0.2, 0.25) is 0 Å². The molecule has 0 aromatic heterocycles. The maximum absolute atomic E-state index is 8.64. The second-order valence-electron chi connectivity index (χ2n) is 3.37. The van der Waals surface area contributed by atoms with Crippen LogP contribution in [0, 0.1) is 22.7 Å². The van der Waals surface area contributed by atoms with Crippen molar-refractivity contribution in [3.63, 3.8) is 0 Å². The van der Waals surface area contributed by atoms with E-state index in [0.717, 1.165) is 11.3 Å². The lowest BCUT2D eigenvalue weighted by atomic mass is 9.99. The normalized spacial score (nSPS) is 10.8. The summed E-state index contributed by atoms with van der Waals surface area (Å²) in [7, 11) is 1.61. The molecule has 0 aliphatic heterocycles. The van der Waals surface area contributed by atoms with E-state index in [0.29, 0.717) is 0 Å². The number of allylic oxidation sites excluding steroid dienone is 2. The van der Waals surface area contributed by atoms with Crippen LogP contribution in [0.5, 0.6) is 5.75 Å². The van der Waals surface area contributed by atoms with Gasteiger partial charge in [-0.2, -0.15) is 10.5 Å². The van der Waals surface area contributed by atoms with Crippen molar-refractivity contribution < 1.29 is 4.74 Å². The molecule has 0 N–H and O–H groups in total. The minimum absolute atomic E-state index is 0.0419. The largest absolute Gasteiger partial charge is 0.497 e. The SMILES string of the molecule is COc1ccc(C(C)C=C(C#N)C#N)cc1. The maximum Gasteiger partial charge on any atom is 0.126 e. The van der Waals surface area contributed by atoms with Gasteiger partial charge in [0, 0.05) is 5.92 Å². The standard InChI is InChI=1S/C13H12N2O/c1-10(7-11(8-14)9-15)12-3-5-13(16-2)6-4-12/h3-7,10H,1-2H3. The summed E-state index contributed by atoms with van der Waals surface area (Å²) in [4.78, 5) is 0. The van der Waals surface area contributed by atoms with Crippen molar-refractivity contribution in [1.82, 2.24) is 0 Å². The number of nitriles is 2. The molecule has 3 heteroatoms. The molecule has 1 aromatic rings. The smallest absolute Gasteiger partial charge is 0.126 e. The van der Waals surface area contributed by atoms with Crippen LogP contribution >= 0.6 is 0 Å². The predicted octanol–water partition coefficient (Wildman–Crippen LogP) is 2.77. The van der Waals surface area contributed by atoms with Gasteiger partial charge < -0.3 is 4.74 Å². The Bertz CT molecular complexity index is 444. The van der Waals surface area contributed by atoms with E-state index in [1.54, 1.807) is 13.2 Å². The zero-order chi connectivity index (χ0) is 12.0. The van der Waals surface area contributed by atoms with Crippen LogP contribution in [-0.2, 0) is 0 Å². The molecule has 1 unspecified atom stereocenters. The molecule has 0 heterocycles. The predicted molar refractivity (Wildman–Crippen MR) is 60.7 cm³/mol. The Labute approximate surface area is 95.2 Å². The highest BCUT2D eigenvalue weighted by atomic mass is 16.5. The van der Waals surface area contributed by atoms with Gasteiger partial charge in [-0.25, -0.2) is 0 Å². The molecule has 0 saturated heterocycles. The molecule has 3 nitrogen and oxygen atoms in total. The van der Waals surface area contributed by atoms with E-state index in [4.69, 9.17) is 15.3 Å². The average Bonchev–Trinajstić information content (AvgIpc) is 2.35. The number of hydrogen-bond acceptors (Lipinski definition) is 3. The quantitative estimate of drug-likeness (QED) is 0.724. The van der Waals surface area contributed by atoms with Crippen LogP contribution in [0.15, 0.2) is 35.9 Å². The second-order valence-corrected chi connectivity index (χ2v) is 3.37. The molecule has 16 heavy (non-hydrogen) atoms. The third kappa shape index (κ3) is 2.87. The minimum atomic E-state index is 0.0419. The Balaban J connectivity index is 2.90. The Hall–Kier alpha value is -2.26. The topological polar surface area (TPSA) is 56.8 Å². The van der Waals surface area contributed by atoms with Crippen molar-refractivity contribution in [2.75, 3.05) is 7.11 Å². The molecule has 1 atom stereocenters. The summed E-state index contributed by atoms with van der Waals surface area (Å²) in [6.07, 6.45) is 1.65. The number of nitrogens with zero attached hydrogens (tertiary/aromatic N) is 2. The first-order valence-corrected chi connectivity index (χ1v) is 4.87.